The van der Waals surface area contributed by atoms with E-state index in [1.807, 2.05) is 13.8 Å². The molecule has 4 atom stereocenters. The summed E-state index contributed by atoms with van der Waals surface area (Å²) in [6.45, 7) is 10.6. The fourth-order valence-electron chi connectivity index (χ4n) is 5.34. The van der Waals surface area contributed by atoms with Crippen LogP contribution in [0, 0.1) is 23.7 Å². The van der Waals surface area contributed by atoms with Gasteiger partial charge in [-0.25, -0.2) is 9.59 Å². The van der Waals surface area contributed by atoms with E-state index in [1.54, 1.807) is 76.2 Å². The third kappa shape index (κ3) is 30.8. The first-order chi connectivity index (χ1) is 33.9. The van der Waals surface area contributed by atoms with Crippen molar-refractivity contribution in [2.75, 3.05) is 45.1 Å². The number of carbonyl (C=O) groups excluding carboxylic acids is 9. The van der Waals surface area contributed by atoms with E-state index in [2.05, 4.69) is 36.1 Å². The summed E-state index contributed by atoms with van der Waals surface area (Å²) in [5.74, 6) is -5.91. The molecule has 22 heteroatoms. The maximum absolute atomic E-state index is 12.8. The van der Waals surface area contributed by atoms with E-state index < -0.39 is 66.7 Å². The van der Waals surface area contributed by atoms with Crippen molar-refractivity contribution in [2.24, 2.45) is 29.4 Å². The molecule has 5 amide bonds. The predicted molar refractivity (Wildman–Crippen MR) is 261 cm³/mol. The number of amides is 5. The molecule has 0 fully saturated rings. The highest BCUT2D eigenvalue weighted by molar-refractivity contribution is 5.98. The van der Waals surface area contributed by atoms with E-state index in [0.717, 1.165) is 29.9 Å². The monoisotopic (exact) mass is 1000 g/mol. The van der Waals surface area contributed by atoms with E-state index >= 15 is 0 Å². The molecular formula is C49H71FN6O15. The zero-order valence-electron chi connectivity index (χ0n) is 42.5. The molecule has 0 aliphatic rings. The van der Waals surface area contributed by atoms with E-state index in [9.17, 15) is 52.3 Å². The second-order valence-electron chi connectivity index (χ2n) is 16.1. The molecule has 21 nitrogen and oxygen atoms in total. The number of hydrogen-bond donors (Lipinski definition) is 9. The summed E-state index contributed by atoms with van der Waals surface area (Å²) < 4.78 is 24.1. The van der Waals surface area contributed by atoms with Crippen LogP contribution in [-0.4, -0.2) is 121 Å². The van der Waals surface area contributed by atoms with Gasteiger partial charge in [0.25, 0.3) is 0 Å². The lowest BCUT2D eigenvalue weighted by atomic mass is 9.92. The van der Waals surface area contributed by atoms with Crippen molar-refractivity contribution in [1.82, 2.24) is 16.0 Å². The zero-order chi connectivity index (χ0) is 55.3. The highest BCUT2D eigenvalue weighted by Crippen LogP contribution is 2.16. The molecule has 2 rings (SSSR count). The summed E-state index contributed by atoms with van der Waals surface area (Å²) in [5, 5.41) is 39.2. The van der Waals surface area contributed by atoms with Crippen LogP contribution < -0.4 is 32.3 Å². The average molecular weight is 1000 g/mol. The van der Waals surface area contributed by atoms with Crippen molar-refractivity contribution in [3.8, 4) is 0 Å². The van der Waals surface area contributed by atoms with Crippen LogP contribution in [0.2, 0.25) is 0 Å². The number of anilines is 2. The van der Waals surface area contributed by atoms with Gasteiger partial charge in [0.2, 0.25) is 29.5 Å². The van der Waals surface area contributed by atoms with Gasteiger partial charge in [-0.1, -0.05) is 65.8 Å². The summed E-state index contributed by atoms with van der Waals surface area (Å²) in [7, 11) is 1.38. The van der Waals surface area contributed by atoms with Crippen LogP contribution >= 0.6 is 0 Å². The number of nitrogens with one attached hydrogen (secondary N) is 5. The van der Waals surface area contributed by atoms with Crippen molar-refractivity contribution in [3.63, 3.8) is 0 Å². The van der Waals surface area contributed by atoms with Gasteiger partial charge >= 0.3 is 17.9 Å². The number of methoxy groups -OCH3 is 2. The zero-order valence-corrected chi connectivity index (χ0v) is 41.5. The number of aliphatic hydroxyl groups is 2. The molecule has 0 radical (unpaired) electrons. The van der Waals surface area contributed by atoms with Gasteiger partial charge in [-0.05, 0) is 47.2 Å². The second-order valence-corrected chi connectivity index (χ2v) is 16.1. The maximum atomic E-state index is 12.8. The minimum Gasteiger partial charge on any atom is -0.481 e. The standard InChI is InChI=1S/C24H33N3O7.C16H24N2O3.C8H11NO5.CH3F/c1-15(2)23(27-21(31)11-12-25-20(30)9-10-22(32)34-4)19(29)13-16(3)24(33)26-18-7-5-17(14-28)6-8-18;1-10(2)15(17)14(20)8-11(3)16(21)18-13-6-4-12(9-19)5-7-13;1-14-8(13)3-2-6(10)9-5-4-7(11)12;1-2/h5-10,15-16,23,28H,11-14H2,1-4H3,(H,25,30)(H,26,33)(H,27,31);4-7,10-11,15,19H,8-9,17H2,1-3H3,(H,18,21);2-3H,4-5H2,1H3,(H,9,10)(H,11,12);1H3/b10-9+;;3-2+;/t16-,23+;11-,15+;;/m11../s1/i;;;1D. The first-order valence-corrected chi connectivity index (χ1v) is 22.2. The topological polar surface area (TPSA) is 336 Å². The fourth-order valence-corrected chi connectivity index (χ4v) is 5.34. The Morgan fingerprint density at radius 3 is 1.35 bits per heavy atom. The third-order valence-corrected chi connectivity index (χ3v) is 9.57. The molecule has 0 aliphatic carbocycles. The molecule has 394 valence electrons. The van der Waals surface area contributed by atoms with Gasteiger partial charge in [0, 0.05) is 79.9 Å². The number of carboxylic acid groups (broad SMARTS) is 1. The lowest BCUT2D eigenvalue weighted by Gasteiger charge is -2.23. The minimum absolute atomic E-state index is 0.0169. The number of nitrogens with two attached hydrogens (primary N) is 1. The summed E-state index contributed by atoms with van der Waals surface area (Å²) in [6.07, 6.45) is 3.76. The van der Waals surface area contributed by atoms with E-state index in [0.29, 0.717) is 16.9 Å². The number of hydrogen-bond acceptors (Lipinski definition) is 15. The van der Waals surface area contributed by atoms with Crippen LogP contribution in [0.25, 0.3) is 0 Å². The largest absolute Gasteiger partial charge is 0.481 e. The first kappa shape index (κ1) is 63.8. The number of carbonyl (C=O) groups is 10. The van der Waals surface area contributed by atoms with Crippen molar-refractivity contribution in [2.45, 2.75) is 92.5 Å². The minimum atomic E-state index is -1.00. The van der Waals surface area contributed by atoms with Crippen LogP contribution in [-0.2, 0) is 70.6 Å². The van der Waals surface area contributed by atoms with Crippen molar-refractivity contribution >= 4 is 70.4 Å². The molecule has 0 spiro atoms. The van der Waals surface area contributed by atoms with Gasteiger partial charge < -0.3 is 57.1 Å². The van der Waals surface area contributed by atoms with E-state index in [1.165, 1.54) is 14.2 Å². The van der Waals surface area contributed by atoms with Gasteiger partial charge in [-0.15, -0.1) is 0 Å². The molecule has 0 saturated heterocycles. The Morgan fingerprint density at radius 1 is 0.634 bits per heavy atom. The van der Waals surface area contributed by atoms with Crippen LogP contribution in [0.15, 0.2) is 72.8 Å². The lowest BCUT2D eigenvalue weighted by Crippen LogP contribution is -2.46. The van der Waals surface area contributed by atoms with Crippen LogP contribution in [0.3, 0.4) is 0 Å². The molecule has 0 aliphatic heterocycles. The quantitative estimate of drug-likeness (QED) is 0.0510. The van der Waals surface area contributed by atoms with Gasteiger partial charge in [0.1, 0.15) is 0 Å². The number of ketones is 2. The molecule has 10 N–H and O–H groups in total. The summed E-state index contributed by atoms with van der Waals surface area (Å²) in [4.78, 5) is 115. The summed E-state index contributed by atoms with van der Waals surface area (Å²) >= 11 is 0. The molecule has 0 bridgehead atoms. The van der Waals surface area contributed by atoms with Gasteiger partial charge in [-0.2, -0.15) is 0 Å². The lowest BCUT2D eigenvalue weighted by molar-refractivity contribution is -0.137. The Morgan fingerprint density at radius 2 is 1.01 bits per heavy atom. The fraction of sp³-hybridized carbons (Fsp3) is 0.469. The van der Waals surface area contributed by atoms with Crippen molar-refractivity contribution in [1.29, 1.82) is 0 Å². The number of esters is 2. The molecular weight excluding hydrogens is 932 g/mol. The average Bonchev–Trinajstić information content (AvgIpc) is 3.34. The number of halogens is 1. The van der Waals surface area contributed by atoms with Crippen LogP contribution in [0.4, 0.5) is 15.8 Å². The number of aliphatic hydroxyl groups excluding tert-OH is 2. The molecule has 0 aromatic heterocycles. The normalized spacial score (nSPS) is 12.3. The number of carboxylic acids is 1. The number of alkyl halides is 1. The highest BCUT2D eigenvalue weighted by atomic mass is 19.1. The SMILES string of the molecule is CC(C)[C@H](N)C(=O)C[C@@H](C)C(=O)Nc1ccc(CO)cc1.COC(=O)/C=C/C(=O)NCCC(=O)N[C@H](C(=O)C[C@@H](C)C(=O)Nc1ccc(CO)cc1)C(C)C.COC(=O)/C=C/C(=O)NCCC(=O)O.[2H]CF. The number of aliphatic carboxylic acids is 1. The van der Waals surface area contributed by atoms with Crippen LogP contribution in [0.5, 0.6) is 0 Å². The summed E-state index contributed by atoms with van der Waals surface area (Å²) in [6, 6.07) is 12.3. The predicted octanol–water partition coefficient (Wildman–Crippen LogP) is 2.68. The first-order valence-electron chi connectivity index (χ1n) is 22.9. The Labute approximate surface area is 415 Å². The smallest absolute Gasteiger partial charge is 0.330 e. The maximum Gasteiger partial charge on any atom is 0.330 e. The van der Waals surface area contributed by atoms with Gasteiger partial charge in [0.15, 0.2) is 11.6 Å². The van der Waals surface area contributed by atoms with Crippen molar-refractivity contribution < 1.29 is 78.5 Å². The Balaban J connectivity index is 0. The van der Waals surface area contributed by atoms with Crippen molar-refractivity contribution in [3.05, 3.63) is 84.0 Å². The molecule has 0 saturated carbocycles. The Kier molecular flexibility index (Phi) is 33.9. The van der Waals surface area contributed by atoms with E-state index in [4.69, 9.17) is 22.4 Å². The molecule has 2 aromatic rings. The molecule has 0 unspecified atom stereocenters. The number of rotatable bonds is 25. The van der Waals surface area contributed by atoms with Gasteiger partial charge in [-0.3, -0.25) is 42.7 Å². The van der Waals surface area contributed by atoms with E-state index in [-0.39, 0.29) is 87.2 Å². The Hall–Kier alpha value is -7.17. The highest BCUT2D eigenvalue weighted by Gasteiger charge is 2.28. The van der Waals surface area contributed by atoms with Gasteiger partial charge in [0.05, 0.1) is 54.5 Å². The second kappa shape index (κ2) is 37.7. The third-order valence-electron chi connectivity index (χ3n) is 9.57. The number of Topliss-reactive ketones (excluding diaryl/α,β-unsaturated/α-hetero) is 2. The number of ether oxygens (including phenoxy) is 2. The summed E-state index contributed by atoms with van der Waals surface area (Å²) in [5.41, 5.74) is 8.48. The molecule has 71 heavy (non-hydrogen) atoms. The van der Waals surface area contributed by atoms with Crippen LogP contribution in [0.1, 0.15) is 79.7 Å². The molecule has 2 aromatic carbocycles. The molecule has 0 heterocycles. The number of benzene rings is 2. The Bertz CT molecular complexity index is 2100.